The Morgan fingerprint density at radius 3 is 2.60 bits per heavy atom. The molecule has 0 aromatic carbocycles. The number of hydrogen-bond donors (Lipinski definition) is 1. The number of carbonyl (C=O) groups excluding carboxylic acids is 3. The molecule has 3 amide bonds. The fourth-order valence-corrected chi connectivity index (χ4v) is 3.65. The summed E-state index contributed by atoms with van der Waals surface area (Å²) >= 11 is 0. The van der Waals surface area contributed by atoms with E-state index >= 15 is 0 Å². The smallest absolute Gasteiger partial charge is 0.410 e. The number of piperidine rings is 1. The van der Waals surface area contributed by atoms with Crippen LogP contribution in [0.5, 0.6) is 0 Å². The molecule has 0 aliphatic carbocycles. The van der Waals surface area contributed by atoms with Gasteiger partial charge in [-0.2, -0.15) is 0 Å². The molecule has 7 heteroatoms. The summed E-state index contributed by atoms with van der Waals surface area (Å²) in [5.74, 6) is 0.0398. The molecule has 0 saturated carbocycles. The average molecular weight is 353 g/mol. The summed E-state index contributed by atoms with van der Waals surface area (Å²) < 4.78 is 5.72. The lowest BCUT2D eigenvalue weighted by molar-refractivity contribution is -0.134. The zero-order valence-corrected chi connectivity index (χ0v) is 15.7. The lowest BCUT2D eigenvalue weighted by Crippen LogP contribution is -2.49. The van der Waals surface area contributed by atoms with Gasteiger partial charge in [0, 0.05) is 51.9 Å². The number of amides is 3. The molecule has 1 spiro atoms. The monoisotopic (exact) mass is 353 g/mol. The molecule has 0 aromatic heterocycles. The van der Waals surface area contributed by atoms with Crippen molar-refractivity contribution in [3.05, 3.63) is 0 Å². The molecule has 2 aliphatic heterocycles. The number of nitrogens with one attached hydrogen (secondary N) is 1. The Hall–Kier alpha value is -1.79. The Bertz CT molecular complexity index is 501. The first-order valence-corrected chi connectivity index (χ1v) is 9.39. The molecule has 0 unspecified atom stereocenters. The number of rotatable bonds is 7. The van der Waals surface area contributed by atoms with Crippen molar-refractivity contribution in [1.29, 1.82) is 0 Å². The van der Waals surface area contributed by atoms with Crippen molar-refractivity contribution < 1.29 is 19.1 Å². The van der Waals surface area contributed by atoms with E-state index in [1.165, 1.54) is 6.92 Å². The van der Waals surface area contributed by atoms with Crippen molar-refractivity contribution >= 4 is 17.9 Å². The van der Waals surface area contributed by atoms with Crippen molar-refractivity contribution in [2.45, 2.75) is 70.9 Å². The molecule has 2 fully saturated rings. The quantitative estimate of drug-likeness (QED) is 0.709. The van der Waals surface area contributed by atoms with Crippen LogP contribution in [0.15, 0.2) is 0 Å². The minimum atomic E-state index is -0.425. The molecular formula is C18H31N3O4. The SMILES string of the molecule is CCC[C@@H](C)N1CC2(CCN(C(=O)CCCNC(C)=O)CC2)OC1=O. The predicted octanol–water partition coefficient (Wildman–Crippen LogP) is 1.90. The maximum atomic E-state index is 12.3. The standard InChI is InChI=1S/C18H31N3O4/c1-4-6-14(2)21-13-18(25-17(21)24)8-11-20(12-9-18)16(23)7-5-10-19-15(3)22/h14H,4-13H2,1-3H3,(H,19,22)/t14-/m1/s1. The highest BCUT2D eigenvalue weighted by molar-refractivity contribution is 5.77. The molecule has 7 nitrogen and oxygen atoms in total. The van der Waals surface area contributed by atoms with Crippen molar-refractivity contribution in [2.75, 3.05) is 26.2 Å². The van der Waals surface area contributed by atoms with Crippen molar-refractivity contribution in [1.82, 2.24) is 15.1 Å². The fraction of sp³-hybridized carbons (Fsp3) is 0.833. The molecular weight excluding hydrogens is 322 g/mol. The van der Waals surface area contributed by atoms with Gasteiger partial charge in [-0.15, -0.1) is 0 Å². The van der Waals surface area contributed by atoms with Crippen LogP contribution in [0.25, 0.3) is 0 Å². The van der Waals surface area contributed by atoms with Gasteiger partial charge >= 0.3 is 6.09 Å². The van der Waals surface area contributed by atoms with Gasteiger partial charge in [-0.3, -0.25) is 9.59 Å². The summed E-state index contributed by atoms with van der Waals surface area (Å²) in [6.07, 6.45) is 4.29. The van der Waals surface area contributed by atoms with Crippen LogP contribution in [0.3, 0.4) is 0 Å². The first-order valence-electron chi connectivity index (χ1n) is 9.39. The van der Waals surface area contributed by atoms with Crippen LogP contribution in [0.2, 0.25) is 0 Å². The fourth-order valence-electron chi connectivity index (χ4n) is 3.65. The topological polar surface area (TPSA) is 78.9 Å². The van der Waals surface area contributed by atoms with E-state index in [0.29, 0.717) is 51.9 Å². The van der Waals surface area contributed by atoms with Crippen molar-refractivity contribution in [2.24, 2.45) is 0 Å². The van der Waals surface area contributed by atoms with Crippen LogP contribution in [0.4, 0.5) is 4.79 Å². The number of hydrogen-bond acceptors (Lipinski definition) is 4. The second-order valence-electron chi connectivity index (χ2n) is 7.28. The number of ether oxygens (including phenoxy) is 1. The molecule has 2 aliphatic rings. The van der Waals surface area contributed by atoms with Gasteiger partial charge in [0.15, 0.2) is 0 Å². The third kappa shape index (κ3) is 5.09. The van der Waals surface area contributed by atoms with E-state index in [1.807, 2.05) is 9.80 Å². The van der Waals surface area contributed by atoms with Crippen LogP contribution < -0.4 is 5.32 Å². The van der Waals surface area contributed by atoms with Gasteiger partial charge in [-0.25, -0.2) is 4.79 Å². The molecule has 2 rings (SSSR count). The largest absolute Gasteiger partial charge is 0.441 e. The van der Waals surface area contributed by atoms with E-state index in [4.69, 9.17) is 4.74 Å². The third-order valence-corrected chi connectivity index (χ3v) is 5.20. The van der Waals surface area contributed by atoms with Crippen LogP contribution >= 0.6 is 0 Å². The van der Waals surface area contributed by atoms with E-state index in [0.717, 1.165) is 12.8 Å². The number of likely N-dealkylation sites (tertiary alicyclic amines) is 1. The molecule has 2 saturated heterocycles. The molecule has 0 aromatic rings. The molecule has 25 heavy (non-hydrogen) atoms. The Morgan fingerprint density at radius 1 is 1.32 bits per heavy atom. The summed E-state index contributed by atoms with van der Waals surface area (Å²) in [6, 6.07) is 0.199. The van der Waals surface area contributed by atoms with Gasteiger partial charge in [0.2, 0.25) is 11.8 Å². The summed E-state index contributed by atoms with van der Waals surface area (Å²) in [5.41, 5.74) is -0.425. The summed E-state index contributed by atoms with van der Waals surface area (Å²) in [7, 11) is 0. The molecule has 2 heterocycles. The minimum absolute atomic E-state index is 0.0720. The number of carbonyl (C=O) groups is 3. The Balaban J connectivity index is 1.78. The van der Waals surface area contributed by atoms with E-state index in [9.17, 15) is 14.4 Å². The maximum absolute atomic E-state index is 12.3. The van der Waals surface area contributed by atoms with E-state index in [-0.39, 0.29) is 23.9 Å². The molecule has 0 bridgehead atoms. The molecule has 142 valence electrons. The van der Waals surface area contributed by atoms with Gasteiger partial charge < -0.3 is 19.9 Å². The Kier molecular flexibility index (Phi) is 6.67. The van der Waals surface area contributed by atoms with Crippen LogP contribution in [-0.4, -0.2) is 65.5 Å². The van der Waals surface area contributed by atoms with Gasteiger partial charge in [0.05, 0.1) is 6.54 Å². The molecule has 1 N–H and O–H groups in total. The van der Waals surface area contributed by atoms with Gasteiger partial charge in [0.25, 0.3) is 0 Å². The number of nitrogens with zero attached hydrogens (tertiary/aromatic N) is 2. The second kappa shape index (κ2) is 8.54. The van der Waals surface area contributed by atoms with Gasteiger partial charge in [0.1, 0.15) is 5.60 Å². The summed E-state index contributed by atoms with van der Waals surface area (Å²) in [5, 5.41) is 2.70. The predicted molar refractivity (Wildman–Crippen MR) is 94.0 cm³/mol. The second-order valence-corrected chi connectivity index (χ2v) is 7.28. The van der Waals surface area contributed by atoms with Gasteiger partial charge in [-0.05, 0) is 19.8 Å². The van der Waals surface area contributed by atoms with Crippen LogP contribution in [0.1, 0.15) is 59.3 Å². The third-order valence-electron chi connectivity index (χ3n) is 5.20. The Labute approximate surface area is 150 Å². The highest BCUT2D eigenvalue weighted by Crippen LogP contribution is 2.34. The Morgan fingerprint density at radius 2 is 2.00 bits per heavy atom. The molecule has 1 atom stereocenters. The lowest BCUT2D eigenvalue weighted by atomic mass is 9.90. The van der Waals surface area contributed by atoms with Gasteiger partial charge in [-0.1, -0.05) is 13.3 Å². The summed E-state index contributed by atoms with van der Waals surface area (Å²) in [6.45, 7) is 8.07. The van der Waals surface area contributed by atoms with Crippen molar-refractivity contribution in [3.8, 4) is 0 Å². The van der Waals surface area contributed by atoms with E-state index < -0.39 is 5.60 Å². The molecule has 0 radical (unpaired) electrons. The minimum Gasteiger partial charge on any atom is -0.441 e. The maximum Gasteiger partial charge on any atom is 0.410 e. The normalized spacial score (nSPS) is 20.5. The zero-order chi connectivity index (χ0) is 18.4. The van der Waals surface area contributed by atoms with Crippen molar-refractivity contribution in [3.63, 3.8) is 0 Å². The highest BCUT2D eigenvalue weighted by Gasteiger charge is 2.48. The average Bonchev–Trinajstić information content (AvgIpc) is 2.88. The zero-order valence-electron chi connectivity index (χ0n) is 15.7. The van der Waals surface area contributed by atoms with E-state index in [2.05, 4.69) is 19.2 Å². The lowest BCUT2D eigenvalue weighted by Gasteiger charge is -2.37. The first-order chi connectivity index (χ1) is 11.9. The van der Waals surface area contributed by atoms with E-state index in [1.54, 1.807) is 0 Å². The summed E-state index contributed by atoms with van der Waals surface area (Å²) in [4.78, 5) is 39.0. The first kappa shape index (κ1) is 19.5. The van der Waals surface area contributed by atoms with Crippen LogP contribution in [0, 0.1) is 0 Å². The van der Waals surface area contributed by atoms with Crippen LogP contribution in [-0.2, 0) is 14.3 Å². The highest BCUT2D eigenvalue weighted by atomic mass is 16.6.